The Morgan fingerprint density at radius 2 is 1.47 bits per heavy atom. The van der Waals surface area contributed by atoms with Crippen LogP contribution in [0.15, 0.2) is 53.4 Å². The van der Waals surface area contributed by atoms with Gasteiger partial charge in [0.15, 0.2) is 0 Å². The van der Waals surface area contributed by atoms with Crippen LogP contribution in [0.5, 0.6) is 0 Å². The molecule has 0 aliphatic carbocycles. The third-order valence-corrected chi connectivity index (χ3v) is 7.21. The molecule has 156 valence electrons. The van der Waals surface area contributed by atoms with Crippen LogP contribution in [0.25, 0.3) is 0 Å². The van der Waals surface area contributed by atoms with Crippen molar-refractivity contribution in [3.8, 4) is 0 Å². The number of sulfonamides is 1. The zero-order valence-corrected chi connectivity index (χ0v) is 17.0. The van der Waals surface area contributed by atoms with Crippen molar-refractivity contribution in [3.63, 3.8) is 0 Å². The first kappa shape index (κ1) is 20.2. The molecule has 1 fully saturated rings. The molecule has 0 unspecified atom stereocenters. The fourth-order valence-electron chi connectivity index (χ4n) is 3.64. The van der Waals surface area contributed by atoms with Gasteiger partial charge in [0, 0.05) is 19.6 Å². The highest BCUT2D eigenvalue weighted by Crippen LogP contribution is 2.22. The molecule has 2 aliphatic heterocycles. The molecule has 1 saturated heterocycles. The van der Waals surface area contributed by atoms with Crippen molar-refractivity contribution in [3.05, 3.63) is 65.2 Å². The summed E-state index contributed by atoms with van der Waals surface area (Å²) in [6, 6.07) is 12.8. The molecule has 0 radical (unpaired) electrons. The van der Waals surface area contributed by atoms with E-state index in [1.54, 1.807) is 36.4 Å². The van der Waals surface area contributed by atoms with E-state index in [0.717, 1.165) is 17.7 Å². The first-order valence-corrected chi connectivity index (χ1v) is 11.1. The van der Waals surface area contributed by atoms with E-state index in [1.807, 2.05) is 0 Å². The van der Waals surface area contributed by atoms with Gasteiger partial charge in [-0.1, -0.05) is 24.3 Å². The molecule has 0 aromatic heterocycles. The Morgan fingerprint density at radius 1 is 0.900 bits per heavy atom. The fourth-order valence-corrected chi connectivity index (χ4v) is 5.16. The summed E-state index contributed by atoms with van der Waals surface area (Å²) in [5.74, 6) is -1.44. The van der Waals surface area contributed by atoms with Gasteiger partial charge in [-0.15, -0.1) is 0 Å². The van der Waals surface area contributed by atoms with Crippen molar-refractivity contribution >= 4 is 27.7 Å². The lowest BCUT2D eigenvalue weighted by atomic mass is 10.1. The van der Waals surface area contributed by atoms with Gasteiger partial charge in [-0.05, 0) is 42.7 Å². The SMILES string of the molecule is O=C(CN1C(=O)c2ccccc2C1=O)NCc1ccc(S(=O)(=O)N2CCCC2)cc1. The zero-order chi connectivity index (χ0) is 21.3. The minimum absolute atomic E-state index is 0.159. The van der Waals surface area contributed by atoms with Crippen molar-refractivity contribution < 1.29 is 22.8 Å². The number of benzene rings is 2. The largest absolute Gasteiger partial charge is 0.350 e. The third-order valence-electron chi connectivity index (χ3n) is 5.30. The Hall–Kier alpha value is -3.04. The van der Waals surface area contributed by atoms with Crippen LogP contribution < -0.4 is 5.32 Å². The van der Waals surface area contributed by atoms with Crippen LogP contribution in [0.3, 0.4) is 0 Å². The lowest BCUT2D eigenvalue weighted by Gasteiger charge is -2.16. The summed E-state index contributed by atoms with van der Waals surface area (Å²) in [4.78, 5) is 38.0. The molecule has 30 heavy (non-hydrogen) atoms. The molecule has 2 aliphatic rings. The van der Waals surface area contributed by atoms with E-state index in [0.29, 0.717) is 29.8 Å². The van der Waals surface area contributed by atoms with Gasteiger partial charge in [-0.3, -0.25) is 19.3 Å². The van der Waals surface area contributed by atoms with Gasteiger partial charge in [-0.25, -0.2) is 8.42 Å². The number of carbonyl (C=O) groups excluding carboxylic acids is 3. The molecule has 8 nitrogen and oxygen atoms in total. The summed E-state index contributed by atoms with van der Waals surface area (Å²) in [6.45, 7) is 0.871. The van der Waals surface area contributed by atoms with Crippen molar-refractivity contribution in [1.82, 2.24) is 14.5 Å². The van der Waals surface area contributed by atoms with E-state index in [-0.39, 0.29) is 18.0 Å². The molecule has 0 bridgehead atoms. The van der Waals surface area contributed by atoms with Crippen LogP contribution in [0.1, 0.15) is 39.1 Å². The number of amides is 3. The average Bonchev–Trinajstić information content (AvgIpc) is 3.38. The van der Waals surface area contributed by atoms with Gasteiger partial charge in [-0.2, -0.15) is 4.31 Å². The number of hydrogen-bond donors (Lipinski definition) is 1. The molecule has 9 heteroatoms. The second-order valence-electron chi connectivity index (χ2n) is 7.27. The van der Waals surface area contributed by atoms with E-state index in [2.05, 4.69) is 5.32 Å². The first-order chi connectivity index (χ1) is 14.4. The monoisotopic (exact) mass is 427 g/mol. The molecule has 0 saturated carbocycles. The molecule has 3 amide bonds. The van der Waals surface area contributed by atoms with E-state index >= 15 is 0 Å². The van der Waals surface area contributed by atoms with Gasteiger partial charge in [0.25, 0.3) is 11.8 Å². The van der Waals surface area contributed by atoms with Gasteiger partial charge in [0.2, 0.25) is 15.9 Å². The standard InChI is InChI=1S/C21H21N3O5S/c25-19(14-24-20(26)17-5-1-2-6-18(17)21(24)27)22-13-15-7-9-16(10-8-15)30(28,29)23-11-3-4-12-23/h1-2,5-10H,3-4,11-14H2,(H,22,25). The number of rotatable bonds is 6. The molecule has 1 N–H and O–H groups in total. The maximum absolute atomic E-state index is 12.5. The molecule has 4 rings (SSSR count). The molecule has 2 heterocycles. The minimum atomic E-state index is -3.48. The number of imide groups is 1. The second-order valence-corrected chi connectivity index (χ2v) is 9.21. The summed E-state index contributed by atoms with van der Waals surface area (Å²) in [5.41, 5.74) is 1.31. The first-order valence-electron chi connectivity index (χ1n) is 9.69. The van der Waals surface area contributed by atoms with Crippen LogP contribution in [0.2, 0.25) is 0 Å². The Balaban J connectivity index is 1.35. The molecular formula is C21H21N3O5S. The minimum Gasteiger partial charge on any atom is -0.350 e. The van der Waals surface area contributed by atoms with Gasteiger partial charge in [0.05, 0.1) is 16.0 Å². The van der Waals surface area contributed by atoms with Gasteiger partial charge >= 0.3 is 0 Å². The molecular weight excluding hydrogens is 406 g/mol. The highest BCUT2D eigenvalue weighted by Gasteiger charge is 2.36. The van der Waals surface area contributed by atoms with E-state index in [1.165, 1.54) is 16.4 Å². The van der Waals surface area contributed by atoms with Crippen LogP contribution in [0.4, 0.5) is 0 Å². The molecule has 0 atom stereocenters. The number of carbonyl (C=O) groups is 3. The third kappa shape index (κ3) is 3.73. The maximum atomic E-state index is 12.5. The molecule has 2 aromatic rings. The lowest BCUT2D eigenvalue weighted by Crippen LogP contribution is -2.40. The normalized spacial score (nSPS) is 16.7. The number of hydrogen-bond acceptors (Lipinski definition) is 5. The average molecular weight is 427 g/mol. The predicted octanol–water partition coefficient (Wildman–Crippen LogP) is 1.38. The van der Waals surface area contributed by atoms with Crippen LogP contribution in [-0.2, 0) is 21.4 Å². The Morgan fingerprint density at radius 3 is 2.03 bits per heavy atom. The Bertz CT molecular complexity index is 1070. The lowest BCUT2D eigenvalue weighted by molar-refractivity contribution is -0.121. The highest BCUT2D eigenvalue weighted by atomic mass is 32.2. The summed E-state index contributed by atoms with van der Waals surface area (Å²) in [5, 5.41) is 2.66. The summed E-state index contributed by atoms with van der Waals surface area (Å²) in [7, 11) is -3.48. The maximum Gasteiger partial charge on any atom is 0.262 e. The smallest absolute Gasteiger partial charge is 0.262 e. The summed E-state index contributed by atoms with van der Waals surface area (Å²) >= 11 is 0. The summed E-state index contributed by atoms with van der Waals surface area (Å²) < 4.78 is 26.6. The number of fused-ring (bicyclic) bond motifs is 1. The highest BCUT2D eigenvalue weighted by molar-refractivity contribution is 7.89. The van der Waals surface area contributed by atoms with Crippen LogP contribution in [-0.4, -0.2) is 55.0 Å². The topological polar surface area (TPSA) is 104 Å². The predicted molar refractivity (Wildman–Crippen MR) is 108 cm³/mol. The van der Waals surface area contributed by atoms with E-state index in [9.17, 15) is 22.8 Å². The molecule has 0 spiro atoms. The van der Waals surface area contributed by atoms with Crippen molar-refractivity contribution in [2.24, 2.45) is 0 Å². The summed E-state index contributed by atoms with van der Waals surface area (Å²) in [6.07, 6.45) is 1.74. The molecule has 2 aromatic carbocycles. The van der Waals surface area contributed by atoms with Crippen molar-refractivity contribution in [2.75, 3.05) is 19.6 Å². The number of nitrogens with one attached hydrogen (secondary N) is 1. The van der Waals surface area contributed by atoms with Crippen LogP contribution in [0, 0.1) is 0 Å². The quantitative estimate of drug-likeness (QED) is 0.702. The van der Waals surface area contributed by atoms with E-state index in [4.69, 9.17) is 0 Å². The van der Waals surface area contributed by atoms with Crippen molar-refractivity contribution in [2.45, 2.75) is 24.3 Å². The Kier molecular flexibility index (Phi) is 5.40. The number of nitrogens with zero attached hydrogens (tertiary/aromatic N) is 2. The van der Waals surface area contributed by atoms with Gasteiger partial charge in [0.1, 0.15) is 6.54 Å². The Labute approximate surface area is 174 Å². The zero-order valence-electron chi connectivity index (χ0n) is 16.2. The van der Waals surface area contributed by atoms with Crippen molar-refractivity contribution in [1.29, 1.82) is 0 Å². The van der Waals surface area contributed by atoms with E-state index < -0.39 is 27.7 Å². The second kappa shape index (κ2) is 8.00. The fraction of sp³-hybridized carbons (Fsp3) is 0.286. The van der Waals surface area contributed by atoms with Crippen LogP contribution >= 0.6 is 0 Å². The van der Waals surface area contributed by atoms with Gasteiger partial charge < -0.3 is 5.32 Å².